The third-order valence-corrected chi connectivity index (χ3v) is 3.89. The minimum absolute atomic E-state index is 0.202. The lowest BCUT2D eigenvalue weighted by Crippen LogP contribution is -2.50. The first kappa shape index (κ1) is 15.8. The number of rotatable bonds is 5. The van der Waals surface area contributed by atoms with Crippen LogP contribution in [0.25, 0.3) is 0 Å². The van der Waals surface area contributed by atoms with Crippen LogP contribution in [0, 0.1) is 0 Å². The summed E-state index contributed by atoms with van der Waals surface area (Å²) in [5.74, 6) is 0.202. The number of benzene rings is 1. The van der Waals surface area contributed by atoms with E-state index in [0.717, 1.165) is 44.8 Å². The summed E-state index contributed by atoms with van der Waals surface area (Å²) in [6.45, 7) is 5.73. The first-order valence-corrected chi connectivity index (χ1v) is 7.54. The molecule has 5 nitrogen and oxygen atoms in total. The molecule has 0 aliphatic carbocycles. The summed E-state index contributed by atoms with van der Waals surface area (Å²) in [6, 6.07) is 7.58. The van der Waals surface area contributed by atoms with Gasteiger partial charge in [0.25, 0.3) is 0 Å². The zero-order chi connectivity index (χ0) is 15.2. The van der Waals surface area contributed by atoms with Crippen LogP contribution in [0.1, 0.15) is 5.56 Å². The van der Waals surface area contributed by atoms with Gasteiger partial charge in [0.15, 0.2) is 0 Å². The summed E-state index contributed by atoms with van der Waals surface area (Å²) in [7, 11) is 4.18. The van der Waals surface area contributed by atoms with Crippen molar-refractivity contribution in [3.8, 4) is 0 Å². The molecule has 21 heavy (non-hydrogen) atoms. The summed E-state index contributed by atoms with van der Waals surface area (Å²) >= 11 is 0. The Bertz CT molecular complexity index is 467. The average Bonchev–Trinajstić information content (AvgIpc) is 2.45. The van der Waals surface area contributed by atoms with Gasteiger partial charge in [0.1, 0.15) is 0 Å². The fraction of sp³-hybridized carbons (Fsp3) is 0.562. The highest BCUT2D eigenvalue weighted by atomic mass is 16.2. The number of piperazine rings is 1. The van der Waals surface area contributed by atoms with E-state index in [1.165, 1.54) is 0 Å². The van der Waals surface area contributed by atoms with E-state index in [2.05, 4.69) is 23.9 Å². The molecule has 1 heterocycles. The fourth-order valence-corrected chi connectivity index (χ4v) is 2.55. The van der Waals surface area contributed by atoms with Crippen molar-refractivity contribution in [3.05, 3.63) is 29.8 Å². The van der Waals surface area contributed by atoms with Crippen LogP contribution in [0.5, 0.6) is 0 Å². The van der Waals surface area contributed by atoms with Crippen molar-refractivity contribution in [1.82, 2.24) is 14.7 Å². The van der Waals surface area contributed by atoms with Crippen molar-refractivity contribution in [3.63, 3.8) is 0 Å². The van der Waals surface area contributed by atoms with Gasteiger partial charge in [-0.1, -0.05) is 12.1 Å². The van der Waals surface area contributed by atoms with Crippen molar-refractivity contribution in [2.45, 2.75) is 6.42 Å². The SMILES string of the molecule is CN(C)CCN1CCN(C(=O)Cc2cccc(N)c2)CC1. The van der Waals surface area contributed by atoms with E-state index in [4.69, 9.17) is 5.73 Å². The summed E-state index contributed by atoms with van der Waals surface area (Å²) < 4.78 is 0. The zero-order valence-electron chi connectivity index (χ0n) is 13.1. The largest absolute Gasteiger partial charge is 0.399 e. The number of carbonyl (C=O) groups is 1. The molecule has 0 bridgehead atoms. The van der Waals surface area contributed by atoms with Crippen LogP contribution < -0.4 is 5.73 Å². The number of nitrogens with zero attached hydrogens (tertiary/aromatic N) is 3. The number of hydrogen-bond donors (Lipinski definition) is 1. The molecule has 0 spiro atoms. The lowest BCUT2D eigenvalue weighted by Gasteiger charge is -2.35. The van der Waals surface area contributed by atoms with Gasteiger partial charge < -0.3 is 15.5 Å². The smallest absolute Gasteiger partial charge is 0.227 e. The number of nitrogens with two attached hydrogens (primary N) is 1. The molecular formula is C16H26N4O. The molecule has 5 heteroatoms. The first-order valence-electron chi connectivity index (χ1n) is 7.54. The Morgan fingerprint density at radius 3 is 2.57 bits per heavy atom. The Morgan fingerprint density at radius 1 is 1.24 bits per heavy atom. The van der Waals surface area contributed by atoms with Gasteiger partial charge in [-0.25, -0.2) is 0 Å². The Morgan fingerprint density at radius 2 is 1.95 bits per heavy atom. The number of anilines is 1. The molecule has 1 aliphatic heterocycles. The Hall–Kier alpha value is -1.59. The van der Waals surface area contributed by atoms with Crippen LogP contribution in [-0.2, 0) is 11.2 Å². The number of likely N-dealkylation sites (N-methyl/N-ethyl adjacent to an activating group) is 1. The van der Waals surface area contributed by atoms with Crippen LogP contribution in [0.2, 0.25) is 0 Å². The minimum atomic E-state index is 0.202. The van der Waals surface area contributed by atoms with Crippen molar-refractivity contribution in [2.75, 3.05) is 59.1 Å². The van der Waals surface area contributed by atoms with E-state index in [9.17, 15) is 4.79 Å². The molecule has 1 saturated heterocycles. The molecule has 1 amide bonds. The molecule has 0 atom stereocenters. The second-order valence-corrected chi connectivity index (χ2v) is 5.95. The third kappa shape index (κ3) is 5.02. The summed E-state index contributed by atoms with van der Waals surface area (Å²) in [6.07, 6.45) is 0.447. The Labute approximate surface area is 127 Å². The van der Waals surface area contributed by atoms with Crippen molar-refractivity contribution in [1.29, 1.82) is 0 Å². The van der Waals surface area contributed by atoms with Gasteiger partial charge in [-0.15, -0.1) is 0 Å². The first-order chi connectivity index (χ1) is 10.0. The highest BCUT2D eigenvalue weighted by molar-refractivity contribution is 5.79. The predicted molar refractivity (Wildman–Crippen MR) is 86.1 cm³/mol. The van der Waals surface area contributed by atoms with Gasteiger partial charge in [0.2, 0.25) is 5.91 Å². The van der Waals surface area contributed by atoms with Gasteiger partial charge >= 0.3 is 0 Å². The predicted octanol–water partition coefficient (Wildman–Crippen LogP) is 0.517. The van der Waals surface area contributed by atoms with E-state index in [-0.39, 0.29) is 5.91 Å². The zero-order valence-corrected chi connectivity index (χ0v) is 13.1. The van der Waals surface area contributed by atoms with Crippen molar-refractivity contribution >= 4 is 11.6 Å². The van der Waals surface area contributed by atoms with Gasteiger partial charge in [-0.05, 0) is 31.8 Å². The standard InChI is InChI=1S/C16H26N4O/c1-18(2)6-7-19-8-10-20(11-9-19)16(21)13-14-4-3-5-15(17)12-14/h3-5,12H,6-11,13,17H2,1-2H3. The van der Waals surface area contributed by atoms with Crippen LogP contribution in [0.15, 0.2) is 24.3 Å². The van der Waals surface area contributed by atoms with E-state index in [1.54, 1.807) is 0 Å². The van der Waals surface area contributed by atoms with E-state index < -0.39 is 0 Å². The van der Waals surface area contributed by atoms with Crippen molar-refractivity contribution < 1.29 is 4.79 Å². The van der Waals surface area contributed by atoms with Gasteiger partial charge in [-0.3, -0.25) is 9.69 Å². The molecule has 0 saturated carbocycles. The number of nitrogen functional groups attached to an aromatic ring is 1. The fourth-order valence-electron chi connectivity index (χ4n) is 2.55. The van der Waals surface area contributed by atoms with Crippen LogP contribution in [0.3, 0.4) is 0 Å². The van der Waals surface area contributed by atoms with E-state index in [0.29, 0.717) is 12.1 Å². The van der Waals surface area contributed by atoms with Gasteiger partial charge in [0, 0.05) is 45.0 Å². The minimum Gasteiger partial charge on any atom is -0.399 e. The molecule has 1 fully saturated rings. The second-order valence-electron chi connectivity index (χ2n) is 5.95. The van der Waals surface area contributed by atoms with Crippen LogP contribution >= 0.6 is 0 Å². The lowest BCUT2D eigenvalue weighted by atomic mass is 10.1. The van der Waals surface area contributed by atoms with Crippen LogP contribution in [0.4, 0.5) is 5.69 Å². The maximum Gasteiger partial charge on any atom is 0.227 e. The number of carbonyl (C=O) groups excluding carboxylic acids is 1. The van der Waals surface area contributed by atoms with Gasteiger partial charge in [0.05, 0.1) is 6.42 Å². The summed E-state index contributed by atoms with van der Waals surface area (Å²) in [5.41, 5.74) is 7.47. The molecule has 0 radical (unpaired) electrons. The average molecular weight is 290 g/mol. The molecule has 1 aromatic carbocycles. The highest BCUT2D eigenvalue weighted by Crippen LogP contribution is 2.10. The molecule has 0 aromatic heterocycles. The Balaban J connectivity index is 1.78. The summed E-state index contributed by atoms with van der Waals surface area (Å²) in [5, 5.41) is 0. The van der Waals surface area contributed by atoms with E-state index in [1.807, 2.05) is 29.2 Å². The monoisotopic (exact) mass is 290 g/mol. The van der Waals surface area contributed by atoms with Crippen molar-refractivity contribution in [2.24, 2.45) is 0 Å². The third-order valence-electron chi connectivity index (χ3n) is 3.89. The molecule has 1 aromatic rings. The van der Waals surface area contributed by atoms with E-state index >= 15 is 0 Å². The van der Waals surface area contributed by atoms with Gasteiger partial charge in [-0.2, -0.15) is 0 Å². The van der Waals surface area contributed by atoms with Crippen LogP contribution in [-0.4, -0.2) is 74.0 Å². The maximum atomic E-state index is 12.3. The maximum absolute atomic E-state index is 12.3. The molecule has 0 unspecified atom stereocenters. The molecule has 2 N–H and O–H groups in total. The summed E-state index contributed by atoms with van der Waals surface area (Å²) in [4.78, 5) is 18.9. The molecule has 116 valence electrons. The second kappa shape index (κ2) is 7.43. The number of hydrogen-bond acceptors (Lipinski definition) is 4. The molecular weight excluding hydrogens is 264 g/mol. The highest BCUT2D eigenvalue weighted by Gasteiger charge is 2.20. The quantitative estimate of drug-likeness (QED) is 0.803. The normalized spacial score (nSPS) is 16.4. The Kier molecular flexibility index (Phi) is 5.59. The molecule has 2 rings (SSSR count). The number of amides is 1. The molecule has 1 aliphatic rings. The lowest BCUT2D eigenvalue weighted by molar-refractivity contribution is -0.132. The topological polar surface area (TPSA) is 52.8 Å².